The molecule has 0 bridgehead atoms. The van der Waals surface area contributed by atoms with Crippen molar-refractivity contribution in [1.82, 2.24) is 0 Å². The quantitative estimate of drug-likeness (QED) is 0.690. The molecule has 0 aliphatic carbocycles. The van der Waals surface area contributed by atoms with Gasteiger partial charge in [0, 0.05) is 18.0 Å². The van der Waals surface area contributed by atoms with E-state index in [9.17, 15) is 13.2 Å². The van der Waals surface area contributed by atoms with E-state index >= 15 is 0 Å². The molecule has 8 heteroatoms. The van der Waals surface area contributed by atoms with Gasteiger partial charge in [0.05, 0.1) is 24.7 Å². The van der Waals surface area contributed by atoms with Crippen molar-refractivity contribution in [3.05, 3.63) is 52.5 Å². The van der Waals surface area contributed by atoms with Gasteiger partial charge in [-0.05, 0) is 55.7 Å². The van der Waals surface area contributed by atoms with Crippen LogP contribution in [0.15, 0.2) is 36.4 Å². The number of hydrogen-bond donors (Lipinski definition) is 1. The Hall–Kier alpha value is -2.25. The number of carbonyl (C=O) groups is 1. The summed E-state index contributed by atoms with van der Waals surface area (Å²) in [5, 5.41) is 3.28. The molecule has 2 aromatic rings. The van der Waals surface area contributed by atoms with E-state index in [2.05, 4.69) is 5.32 Å². The van der Waals surface area contributed by atoms with Gasteiger partial charge in [-0.3, -0.25) is 9.10 Å². The summed E-state index contributed by atoms with van der Waals surface area (Å²) in [7, 11) is -1.97. The van der Waals surface area contributed by atoms with Crippen LogP contribution in [0.4, 0.5) is 11.4 Å². The molecule has 0 aromatic heterocycles. The molecule has 0 aliphatic rings. The van der Waals surface area contributed by atoms with E-state index in [1.165, 1.54) is 11.4 Å². The largest absolute Gasteiger partial charge is 0.495 e. The third kappa shape index (κ3) is 5.87. The summed E-state index contributed by atoms with van der Waals surface area (Å²) in [6.45, 7) is 3.92. The Bertz CT molecular complexity index is 961. The topological polar surface area (TPSA) is 75.7 Å². The lowest BCUT2D eigenvalue weighted by Gasteiger charge is -2.24. The van der Waals surface area contributed by atoms with Crippen molar-refractivity contribution in [2.24, 2.45) is 0 Å². The number of sulfonamides is 1. The van der Waals surface area contributed by atoms with Crippen LogP contribution in [-0.2, 0) is 14.8 Å². The summed E-state index contributed by atoms with van der Waals surface area (Å²) in [5.74, 6) is 0.367. The molecule has 0 saturated carbocycles. The molecule has 0 atom stereocenters. The number of carbonyl (C=O) groups excluding carboxylic acids is 1. The molecule has 0 fully saturated rings. The zero-order valence-corrected chi connectivity index (χ0v) is 18.0. The number of hydrogen-bond acceptors (Lipinski definition) is 4. The monoisotopic (exact) mass is 424 g/mol. The fourth-order valence-electron chi connectivity index (χ4n) is 2.83. The van der Waals surface area contributed by atoms with Crippen LogP contribution in [0.25, 0.3) is 0 Å². The summed E-state index contributed by atoms with van der Waals surface area (Å²) in [5.41, 5.74) is 2.91. The molecule has 6 nitrogen and oxygen atoms in total. The first kappa shape index (κ1) is 22.0. The fourth-order valence-corrected chi connectivity index (χ4v) is 4.01. The first-order valence-corrected chi connectivity index (χ1v) is 11.0. The zero-order chi connectivity index (χ0) is 20.9. The molecule has 152 valence electrons. The maximum absolute atomic E-state index is 12.3. The van der Waals surface area contributed by atoms with Gasteiger partial charge in [0.15, 0.2) is 0 Å². The SMILES string of the molecule is COc1ccc(C)cc1NC(=O)CCCN(c1cc(Cl)ccc1C)S(C)(=O)=O. The Labute approximate surface area is 171 Å². The number of nitrogens with one attached hydrogen (secondary N) is 1. The van der Waals surface area contributed by atoms with Gasteiger partial charge in [-0.25, -0.2) is 8.42 Å². The smallest absolute Gasteiger partial charge is 0.232 e. The Morgan fingerprint density at radius 3 is 2.54 bits per heavy atom. The highest BCUT2D eigenvalue weighted by Gasteiger charge is 2.20. The number of benzene rings is 2. The molecule has 1 amide bonds. The van der Waals surface area contributed by atoms with Gasteiger partial charge in [0.25, 0.3) is 0 Å². The molecule has 0 aliphatic heterocycles. The van der Waals surface area contributed by atoms with E-state index in [-0.39, 0.29) is 18.9 Å². The van der Waals surface area contributed by atoms with Crippen molar-refractivity contribution in [3.63, 3.8) is 0 Å². The van der Waals surface area contributed by atoms with Crippen molar-refractivity contribution in [2.45, 2.75) is 26.7 Å². The van der Waals surface area contributed by atoms with Crippen molar-refractivity contribution >= 4 is 38.9 Å². The zero-order valence-electron chi connectivity index (χ0n) is 16.5. The Kier molecular flexibility index (Phi) is 7.32. The van der Waals surface area contributed by atoms with Crippen LogP contribution >= 0.6 is 11.6 Å². The molecule has 28 heavy (non-hydrogen) atoms. The second kappa shape index (κ2) is 9.30. The van der Waals surface area contributed by atoms with Crippen molar-refractivity contribution in [1.29, 1.82) is 0 Å². The van der Waals surface area contributed by atoms with Gasteiger partial charge in [-0.15, -0.1) is 0 Å². The van der Waals surface area contributed by atoms with Crippen LogP contribution in [0.1, 0.15) is 24.0 Å². The van der Waals surface area contributed by atoms with Crippen LogP contribution in [0.2, 0.25) is 5.02 Å². The number of amides is 1. The second-order valence-corrected chi connectivity index (χ2v) is 8.96. The second-order valence-electron chi connectivity index (χ2n) is 6.62. The van der Waals surface area contributed by atoms with Crippen molar-refractivity contribution in [2.75, 3.05) is 29.5 Å². The van der Waals surface area contributed by atoms with Gasteiger partial charge in [0.1, 0.15) is 5.75 Å². The first-order valence-electron chi connectivity index (χ1n) is 8.80. The van der Waals surface area contributed by atoms with Gasteiger partial charge in [-0.2, -0.15) is 0 Å². The van der Waals surface area contributed by atoms with E-state index < -0.39 is 10.0 Å². The van der Waals surface area contributed by atoms with E-state index in [0.29, 0.717) is 28.6 Å². The minimum Gasteiger partial charge on any atom is -0.495 e. The Morgan fingerprint density at radius 2 is 1.89 bits per heavy atom. The highest BCUT2D eigenvalue weighted by atomic mass is 35.5. The number of halogens is 1. The summed E-state index contributed by atoms with van der Waals surface area (Å²) >= 11 is 6.03. The number of methoxy groups -OCH3 is 1. The van der Waals surface area contributed by atoms with Crippen LogP contribution in [0.5, 0.6) is 5.75 Å². The predicted molar refractivity (Wildman–Crippen MR) is 114 cm³/mol. The Morgan fingerprint density at radius 1 is 1.18 bits per heavy atom. The lowest BCUT2D eigenvalue weighted by atomic mass is 10.2. The van der Waals surface area contributed by atoms with Gasteiger partial charge < -0.3 is 10.1 Å². The van der Waals surface area contributed by atoms with Crippen LogP contribution in [-0.4, -0.2) is 34.2 Å². The Balaban J connectivity index is 2.06. The van der Waals surface area contributed by atoms with Crippen LogP contribution in [0, 0.1) is 13.8 Å². The normalized spacial score (nSPS) is 11.2. The molecule has 2 rings (SSSR count). The maximum atomic E-state index is 12.3. The molecule has 0 saturated heterocycles. The van der Waals surface area contributed by atoms with E-state index in [0.717, 1.165) is 17.4 Å². The summed E-state index contributed by atoms with van der Waals surface area (Å²) in [6.07, 6.45) is 1.67. The molecule has 0 radical (unpaired) electrons. The maximum Gasteiger partial charge on any atom is 0.232 e. The number of aryl methyl sites for hydroxylation is 2. The molecular formula is C20H25ClN2O4S. The molecule has 1 N–H and O–H groups in total. The third-order valence-electron chi connectivity index (χ3n) is 4.23. The average molecular weight is 425 g/mol. The van der Waals surface area contributed by atoms with E-state index in [4.69, 9.17) is 16.3 Å². The van der Waals surface area contributed by atoms with Crippen molar-refractivity contribution in [3.8, 4) is 5.75 Å². The highest BCUT2D eigenvalue weighted by molar-refractivity contribution is 7.92. The first-order chi connectivity index (χ1) is 13.1. The minimum absolute atomic E-state index is 0.169. The van der Waals surface area contributed by atoms with Crippen molar-refractivity contribution < 1.29 is 17.9 Å². The third-order valence-corrected chi connectivity index (χ3v) is 5.65. The molecule has 0 unspecified atom stereocenters. The lowest BCUT2D eigenvalue weighted by molar-refractivity contribution is -0.116. The summed E-state index contributed by atoms with van der Waals surface area (Å²) in [6, 6.07) is 10.6. The minimum atomic E-state index is -3.51. The summed E-state index contributed by atoms with van der Waals surface area (Å²) < 4.78 is 31.0. The van der Waals surface area contributed by atoms with Crippen LogP contribution in [0.3, 0.4) is 0 Å². The molecule has 2 aromatic carbocycles. The van der Waals surface area contributed by atoms with E-state index in [1.54, 1.807) is 24.3 Å². The number of anilines is 2. The van der Waals surface area contributed by atoms with Gasteiger partial charge >= 0.3 is 0 Å². The molecule has 0 heterocycles. The number of ether oxygens (including phenoxy) is 1. The van der Waals surface area contributed by atoms with E-state index in [1.807, 2.05) is 26.0 Å². The number of nitrogens with zero attached hydrogens (tertiary/aromatic N) is 1. The average Bonchev–Trinajstić information content (AvgIpc) is 2.60. The number of rotatable bonds is 8. The molecular weight excluding hydrogens is 400 g/mol. The van der Waals surface area contributed by atoms with Crippen LogP contribution < -0.4 is 14.4 Å². The van der Waals surface area contributed by atoms with Gasteiger partial charge in [0.2, 0.25) is 15.9 Å². The highest BCUT2D eigenvalue weighted by Crippen LogP contribution is 2.27. The van der Waals surface area contributed by atoms with Gasteiger partial charge in [-0.1, -0.05) is 23.7 Å². The molecule has 0 spiro atoms. The standard InChI is InChI=1S/C20H25ClN2O4S/c1-14-7-10-19(27-3)17(12-14)22-20(24)6-5-11-23(28(4,25)26)18-13-16(21)9-8-15(18)2/h7-10,12-13H,5-6,11H2,1-4H3,(H,22,24). The fraction of sp³-hybridized carbons (Fsp3) is 0.350. The predicted octanol–water partition coefficient (Wildman–Crippen LogP) is 4.15. The summed E-state index contributed by atoms with van der Waals surface area (Å²) in [4.78, 5) is 12.3. The lowest BCUT2D eigenvalue weighted by Crippen LogP contribution is -2.32.